The SMILES string of the molecule is O=CC1C=CC=CC1(I)Oc1ccc(F)cc1F. The fraction of sp³-hybridized carbons (Fsp3) is 0.154. The zero-order chi connectivity index (χ0) is 13.2. The first-order chi connectivity index (χ1) is 8.55. The predicted octanol–water partition coefficient (Wildman–Crippen LogP) is 3.42. The zero-order valence-electron chi connectivity index (χ0n) is 9.15. The second-order valence-corrected chi connectivity index (χ2v) is 5.47. The van der Waals surface area contributed by atoms with Crippen molar-refractivity contribution in [2.75, 3.05) is 0 Å². The van der Waals surface area contributed by atoms with E-state index in [1.807, 2.05) is 22.6 Å². The number of carbonyl (C=O) groups is 1. The largest absolute Gasteiger partial charge is 0.469 e. The molecule has 0 spiro atoms. The van der Waals surface area contributed by atoms with Crippen molar-refractivity contribution >= 4 is 28.9 Å². The standard InChI is InChI=1S/C13H9F2IO2/c14-10-4-5-12(11(15)7-10)18-13(16)6-2-1-3-9(13)8-17/h1-9H. The summed E-state index contributed by atoms with van der Waals surface area (Å²) in [6.07, 6.45) is 7.50. The molecule has 0 heterocycles. The second-order valence-electron chi connectivity index (χ2n) is 3.78. The molecule has 2 atom stereocenters. The van der Waals surface area contributed by atoms with Crippen LogP contribution in [0.1, 0.15) is 0 Å². The average Bonchev–Trinajstić information content (AvgIpc) is 2.33. The van der Waals surface area contributed by atoms with Gasteiger partial charge in [0, 0.05) is 6.07 Å². The van der Waals surface area contributed by atoms with Gasteiger partial charge in [-0.3, -0.25) is 0 Å². The molecule has 1 aromatic rings. The van der Waals surface area contributed by atoms with Gasteiger partial charge in [-0.1, -0.05) is 18.2 Å². The number of alkyl halides is 1. The molecule has 0 bridgehead atoms. The second kappa shape index (κ2) is 5.17. The van der Waals surface area contributed by atoms with Crippen LogP contribution in [0.4, 0.5) is 8.78 Å². The van der Waals surface area contributed by atoms with Crippen LogP contribution >= 0.6 is 22.6 Å². The summed E-state index contributed by atoms with van der Waals surface area (Å²) in [5.41, 5.74) is 0. The molecule has 0 N–H and O–H groups in total. The summed E-state index contributed by atoms with van der Waals surface area (Å²) < 4.78 is 30.8. The molecule has 18 heavy (non-hydrogen) atoms. The van der Waals surface area contributed by atoms with Crippen molar-refractivity contribution in [2.24, 2.45) is 5.92 Å². The van der Waals surface area contributed by atoms with E-state index in [0.717, 1.165) is 18.4 Å². The van der Waals surface area contributed by atoms with E-state index in [1.54, 1.807) is 24.3 Å². The van der Waals surface area contributed by atoms with Crippen molar-refractivity contribution < 1.29 is 18.3 Å². The molecule has 0 aliphatic heterocycles. The highest BCUT2D eigenvalue weighted by Gasteiger charge is 2.36. The monoisotopic (exact) mass is 362 g/mol. The lowest BCUT2D eigenvalue weighted by Crippen LogP contribution is -2.36. The van der Waals surface area contributed by atoms with Gasteiger partial charge in [-0.05, 0) is 40.8 Å². The summed E-state index contributed by atoms with van der Waals surface area (Å²) in [5.74, 6) is -2.07. The fourth-order valence-electron chi connectivity index (χ4n) is 1.58. The van der Waals surface area contributed by atoms with Gasteiger partial charge in [0.05, 0.1) is 5.92 Å². The number of hydrogen-bond donors (Lipinski definition) is 0. The first-order valence-electron chi connectivity index (χ1n) is 5.19. The van der Waals surface area contributed by atoms with Crippen LogP contribution in [-0.4, -0.2) is 9.89 Å². The molecule has 5 heteroatoms. The Bertz CT molecular complexity index is 528. The summed E-state index contributed by atoms with van der Waals surface area (Å²) in [5, 5.41) is 0. The minimum Gasteiger partial charge on any atom is -0.469 e. The average molecular weight is 362 g/mol. The summed E-state index contributed by atoms with van der Waals surface area (Å²) >= 11 is 1.93. The number of carbonyl (C=O) groups excluding carboxylic acids is 1. The molecule has 2 rings (SSSR count). The molecule has 2 unspecified atom stereocenters. The van der Waals surface area contributed by atoms with Gasteiger partial charge in [-0.2, -0.15) is 0 Å². The van der Waals surface area contributed by atoms with E-state index in [-0.39, 0.29) is 5.75 Å². The Labute approximate surface area is 116 Å². The third-order valence-corrected chi connectivity index (χ3v) is 3.81. The van der Waals surface area contributed by atoms with Crippen LogP contribution in [0.25, 0.3) is 0 Å². The van der Waals surface area contributed by atoms with E-state index in [9.17, 15) is 13.6 Å². The van der Waals surface area contributed by atoms with Crippen LogP contribution in [0.3, 0.4) is 0 Å². The van der Waals surface area contributed by atoms with E-state index in [4.69, 9.17) is 4.74 Å². The van der Waals surface area contributed by atoms with E-state index in [1.165, 1.54) is 6.07 Å². The first kappa shape index (κ1) is 13.2. The zero-order valence-corrected chi connectivity index (χ0v) is 11.3. The number of ether oxygens (including phenoxy) is 1. The van der Waals surface area contributed by atoms with Crippen LogP contribution in [0, 0.1) is 17.6 Å². The highest BCUT2D eigenvalue weighted by atomic mass is 127. The van der Waals surface area contributed by atoms with Crippen molar-refractivity contribution in [2.45, 2.75) is 3.61 Å². The molecule has 0 aromatic heterocycles. The van der Waals surface area contributed by atoms with Crippen molar-refractivity contribution in [1.82, 2.24) is 0 Å². The number of hydrogen-bond acceptors (Lipinski definition) is 2. The number of benzene rings is 1. The molecule has 0 fully saturated rings. The predicted molar refractivity (Wildman–Crippen MR) is 71.6 cm³/mol. The highest BCUT2D eigenvalue weighted by Crippen LogP contribution is 2.36. The number of rotatable bonds is 3. The molecule has 1 aliphatic rings. The summed E-state index contributed by atoms with van der Waals surface area (Å²) in [6, 6.07) is 3.06. The van der Waals surface area contributed by atoms with Gasteiger partial charge in [0.2, 0.25) is 0 Å². The molecule has 94 valence electrons. The molecule has 0 radical (unpaired) electrons. The van der Waals surface area contributed by atoms with Crippen molar-refractivity contribution in [3.63, 3.8) is 0 Å². The maximum Gasteiger partial charge on any atom is 0.190 e. The Kier molecular flexibility index (Phi) is 3.79. The highest BCUT2D eigenvalue weighted by molar-refractivity contribution is 14.1. The van der Waals surface area contributed by atoms with Crippen molar-refractivity contribution in [1.29, 1.82) is 0 Å². The fourth-order valence-corrected chi connectivity index (χ4v) is 2.38. The van der Waals surface area contributed by atoms with E-state index < -0.39 is 21.2 Å². The van der Waals surface area contributed by atoms with Gasteiger partial charge in [0.15, 0.2) is 15.2 Å². The molecule has 2 nitrogen and oxygen atoms in total. The lowest BCUT2D eigenvalue weighted by molar-refractivity contribution is -0.111. The molecular weight excluding hydrogens is 353 g/mol. The molecule has 0 saturated carbocycles. The number of allylic oxidation sites excluding steroid dienone is 2. The minimum absolute atomic E-state index is 0.0856. The van der Waals surface area contributed by atoms with Crippen LogP contribution in [0.5, 0.6) is 5.75 Å². The molecule has 1 aromatic carbocycles. The molecule has 1 aliphatic carbocycles. The van der Waals surface area contributed by atoms with E-state index in [2.05, 4.69) is 0 Å². The van der Waals surface area contributed by atoms with Crippen molar-refractivity contribution in [3.8, 4) is 5.75 Å². The third kappa shape index (κ3) is 2.60. The quantitative estimate of drug-likeness (QED) is 0.468. The van der Waals surface area contributed by atoms with Gasteiger partial charge in [0.25, 0.3) is 0 Å². The Morgan fingerprint density at radius 1 is 1.33 bits per heavy atom. The van der Waals surface area contributed by atoms with Gasteiger partial charge in [0.1, 0.15) is 12.1 Å². The maximum absolute atomic E-state index is 13.5. The smallest absolute Gasteiger partial charge is 0.190 e. The lowest BCUT2D eigenvalue weighted by atomic mass is 9.99. The van der Waals surface area contributed by atoms with Crippen LogP contribution in [0.15, 0.2) is 42.5 Å². The molecule has 0 amide bonds. The Hall–Kier alpha value is -1.24. The number of aldehydes is 1. The third-order valence-electron chi connectivity index (χ3n) is 2.51. The minimum atomic E-state index is -0.993. The van der Waals surface area contributed by atoms with E-state index in [0.29, 0.717) is 0 Å². The lowest BCUT2D eigenvalue weighted by Gasteiger charge is -2.30. The summed E-state index contributed by atoms with van der Waals surface area (Å²) in [7, 11) is 0. The van der Waals surface area contributed by atoms with Crippen LogP contribution < -0.4 is 4.74 Å². The summed E-state index contributed by atoms with van der Waals surface area (Å²) in [4.78, 5) is 11.0. The number of halogens is 3. The topological polar surface area (TPSA) is 26.3 Å². The van der Waals surface area contributed by atoms with Crippen molar-refractivity contribution in [3.05, 3.63) is 54.1 Å². The summed E-state index contributed by atoms with van der Waals surface area (Å²) in [6.45, 7) is 0. The van der Waals surface area contributed by atoms with Crippen LogP contribution in [-0.2, 0) is 4.79 Å². The van der Waals surface area contributed by atoms with Gasteiger partial charge >= 0.3 is 0 Å². The normalized spacial score (nSPS) is 26.1. The first-order valence-corrected chi connectivity index (χ1v) is 6.27. The van der Waals surface area contributed by atoms with Gasteiger partial charge in [-0.25, -0.2) is 8.78 Å². The Morgan fingerprint density at radius 2 is 2.11 bits per heavy atom. The maximum atomic E-state index is 13.5. The van der Waals surface area contributed by atoms with Gasteiger partial charge in [-0.15, -0.1) is 0 Å². The molecular formula is C13H9F2IO2. The Balaban J connectivity index is 2.29. The molecule has 0 saturated heterocycles. The van der Waals surface area contributed by atoms with Crippen LogP contribution in [0.2, 0.25) is 0 Å². The Morgan fingerprint density at radius 3 is 2.78 bits per heavy atom. The van der Waals surface area contributed by atoms with E-state index >= 15 is 0 Å². The van der Waals surface area contributed by atoms with Gasteiger partial charge < -0.3 is 9.53 Å².